The molecule has 0 radical (unpaired) electrons. The molecule has 1 unspecified atom stereocenters. The maximum absolute atomic E-state index is 13.5. The smallest absolute Gasteiger partial charge is 0.418 e. The van der Waals surface area contributed by atoms with Crippen molar-refractivity contribution in [2.24, 2.45) is 0 Å². The first-order valence-electron chi connectivity index (χ1n) is 10.7. The molecule has 0 aliphatic heterocycles. The Labute approximate surface area is 197 Å². The van der Waals surface area contributed by atoms with Crippen molar-refractivity contribution >= 4 is 30.3 Å². The molecule has 2 heterocycles. The highest BCUT2D eigenvalue weighted by atomic mass is 31.2. The van der Waals surface area contributed by atoms with Gasteiger partial charge in [-0.05, 0) is 32.9 Å². The minimum atomic E-state index is -3.69. The fraction of sp³-hybridized carbons (Fsp3) is 0.409. The minimum absolute atomic E-state index is 0.286. The number of rotatable bonds is 9. The summed E-state index contributed by atoms with van der Waals surface area (Å²) in [5.41, 5.74) is 6.89. The molecule has 1 aromatic carbocycles. The number of hydrogen-bond acceptors (Lipinski definition) is 9. The molecular weight excluding hydrogens is 459 g/mol. The van der Waals surface area contributed by atoms with Crippen LogP contribution in [-0.2, 0) is 25.4 Å². The number of aromatic nitrogens is 4. The van der Waals surface area contributed by atoms with Gasteiger partial charge in [-0.1, -0.05) is 23.0 Å². The number of imidazole rings is 1. The van der Waals surface area contributed by atoms with E-state index in [0.717, 1.165) is 0 Å². The molecule has 0 bridgehead atoms. The Kier molecular flexibility index (Phi) is 8.21. The van der Waals surface area contributed by atoms with Crippen LogP contribution in [0.2, 0.25) is 0 Å². The molecule has 34 heavy (non-hydrogen) atoms. The van der Waals surface area contributed by atoms with Gasteiger partial charge in [-0.15, -0.1) is 0 Å². The van der Waals surface area contributed by atoms with Crippen molar-refractivity contribution in [3.05, 3.63) is 47.8 Å². The molecule has 180 valence electrons. The highest BCUT2D eigenvalue weighted by Crippen LogP contribution is 2.46. The number of fused-ring (bicyclic) bond motifs is 1. The second-order valence-electron chi connectivity index (χ2n) is 7.90. The summed E-state index contributed by atoms with van der Waals surface area (Å²) in [6.07, 6.45) is 1.96. The molecule has 2 N–H and O–H groups in total. The molecule has 0 aliphatic rings. The van der Waals surface area contributed by atoms with Crippen LogP contribution in [0, 0.1) is 5.81 Å². The van der Waals surface area contributed by atoms with Gasteiger partial charge in [-0.25, -0.2) is 19.7 Å². The summed E-state index contributed by atoms with van der Waals surface area (Å²) in [6, 6.07) is 7.74. The number of carbonyl (C=O) groups is 1. The zero-order valence-electron chi connectivity index (χ0n) is 19.5. The summed E-state index contributed by atoms with van der Waals surface area (Å²) in [4.78, 5) is 28.4. The van der Waals surface area contributed by atoms with E-state index in [1.54, 1.807) is 49.0 Å². The number of esters is 1. The Balaban J connectivity index is 1.73. The lowest BCUT2D eigenvalue weighted by atomic mass is 10.3. The van der Waals surface area contributed by atoms with Gasteiger partial charge >= 0.3 is 25.2 Å². The normalized spacial score (nSPS) is 14.6. The van der Waals surface area contributed by atoms with E-state index in [2.05, 4.69) is 25.6 Å². The van der Waals surface area contributed by atoms with Gasteiger partial charge in [0.15, 0.2) is 17.8 Å². The molecule has 0 fully saturated rings. The Morgan fingerprint density at radius 2 is 1.91 bits per heavy atom. The maximum Gasteiger partial charge on any atom is 0.418 e. The SMILES string of the molecule is CC(C)OC(=O)[C@H](C)[N+]#CP(=O)(CO[C@H](C)Cn1cnc2c(N)ncnc21)Oc1ccccc1. The predicted octanol–water partition coefficient (Wildman–Crippen LogP) is 3.76. The van der Waals surface area contributed by atoms with E-state index in [-0.39, 0.29) is 18.3 Å². The molecule has 0 saturated heterocycles. The lowest BCUT2D eigenvalue weighted by Crippen LogP contribution is -2.20. The van der Waals surface area contributed by atoms with Gasteiger partial charge in [0.2, 0.25) is 0 Å². The van der Waals surface area contributed by atoms with E-state index in [1.807, 2.05) is 13.0 Å². The van der Waals surface area contributed by atoms with Crippen molar-refractivity contribution in [1.29, 1.82) is 0 Å². The Morgan fingerprint density at radius 3 is 2.62 bits per heavy atom. The lowest BCUT2D eigenvalue weighted by Gasteiger charge is -2.16. The number of para-hydroxylation sites is 1. The number of hydrogen-bond donors (Lipinski definition) is 1. The number of nitrogens with zero attached hydrogens (tertiary/aromatic N) is 5. The summed E-state index contributed by atoms with van der Waals surface area (Å²) < 4.78 is 32.0. The van der Waals surface area contributed by atoms with Crippen LogP contribution in [0.5, 0.6) is 5.75 Å². The third-order valence-electron chi connectivity index (χ3n) is 4.51. The van der Waals surface area contributed by atoms with Gasteiger partial charge in [-0.3, -0.25) is 4.57 Å². The van der Waals surface area contributed by atoms with E-state index >= 15 is 0 Å². The molecule has 3 rings (SSSR count). The molecule has 11 nitrogen and oxygen atoms in total. The summed E-state index contributed by atoms with van der Waals surface area (Å²) >= 11 is 0. The zero-order valence-corrected chi connectivity index (χ0v) is 20.4. The number of nitrogen functional groups attached to an aromatic ring is 1. The Hall–Kier alpha value is -3.48. The first-order chi connectivity index (χ1) is 16.2. The van der Waals surface area contributed by atoms with Gasteiger partial charge in [0, 0.05) is 6.92 Å². The van der Waals surface area contributed by atoms with Crippen molar-refractivity contribution in [1.82, 2.24) is 19.5 Å². The number of nitrogens with two attached hydrogens (primary N) is 1. The van der Waals surface area contributed by atoms with Crippen LogP contribution in [-0.4, -0.2) is 50.1 Å². The van der Waals surface area contributed by atoms with Crippen molar-refractivity contribution in [2.45, 2.75) is 52.5 Å². The van der Waals surface area contributed by atoms with Crippen molar-refractivity contribution in [3.8, 4) is 11.6 Å². The average Bonchev–Trinajstić information content (AvgIpc) is 3.20. The second kappa shape index (κ2) is 11.1. The van der Waals surface area contributed by atoms with Crippen molar-refractivity contribution in [2.75, 3.05) is 12.1 Å². The van der Waals surface area contributed by atoms with E-state index < -0.39 is 25.5 Å². The molecular formula is C22H28N6O5P+. The maximum atomic E-state index is 13.5. The van der Waals surface area contributed by atoms with E-state index in [4.69, 9.17) is 19.7 Å². The quantitative estimate of drug-likeness (QED) is 0.353. The van der Waals surface area contributed by atoms with E-state index in [0.29, 0.717) is 23.5 Å². The summed E-state index contributed by atoms with van der Waals surface area (Å²) in [7, 11) is -3.69. The number of benzene rings is 1. The summed E-state index contributed by atoms with van der Waals surface area (Å²) in [5.74, 6) is 2.64. The summed E-state index contributed by atoms with van der Waals surface area (Å²) in [6.45, 7) is 7.18. The number of anilines is 1. The van der Waals surface area contributed by atoms with Crippen LogP contribution in [0.4, 0.5) is 5.82 Å². The molecule has 0 spiro atoms. The molecule has 3 atom stereocenters. The second-order valence-corrected chi connectivity index (χ2v) is 9.89. The van der Waals surface area contributed by atoms with Crippen molar-refractivity contribution in [3.63, 3.8) is 0 Å². The van der Waals surface area contributed by atoms with Crippen LogP contribution in [0.3, 0.4) is 0 Å². The van der Waals surface area contributed by atoms with Crippen LogP contribution < -0.4 is 10.3 Å². The minimum Gasteiger partial charge on any atom is -0.457 e. The Morgan fingerprint density at radius 1 is 1.18 bits per heavy atom. The van der Waals surface area contributed by atoms with Crippen LogP contribution in [0.1, 0.15) is 27.7 Å². The zero-order chi connectivity index (χ0) is 24.7. The van der Waals surface area contributed by atoms with Crippen LogP contribution >= 0.6 is 7.37 Å². The Bertz CT molecular complexity index is 1240. The van der Waals surface area contributed by atoms with Crippen LogP contribution in [0.25, 0.3) is 16.0 Å². The van der Waals surface area contributed by atoms with E-state index in [1.165, 1.54) is 13.3 Å². The fourth-order valence-electron chi connectivity index (χ4n) is 2.87. The van der Waals surface area contributed by atoms with Gasteiger partial charge in [0.25, 0.3) is 0 Å². The largest absolute Gasteiger partial charge is 0.457 e. The van der Waals surface area contributed by atoms with Crippen molar-refractivity contribution < 1.29 is 23.4 Å². The van der Waals surface area contributed by atoms with Gasteiger partial charge in [0.1, 0.15) is 17.6 Å². The molecule has 0 amide bonds. The molecule has 12 heteroatoms. The van der Waals surface area contributed by atoms with E-state index in [9.17, 15) is 9.36 Å². The van der Waals surface area contributed by atoms with Gasteiger partial charge in [0.05, 0.1) is 25.1 Å². The third kappa shape index (κ3) is 6.76. The van der Waals surface area contributed by atoms with Gasteiger partial charge < -0.3 is 24.3 Å². The lowest BCUT2D eigenvalue weighted by molar-refractivity contribution is -0.147. The fourth-order valence-corrected chi connectivity index (χ4v) is 4.29. The van der Waals surface area contributed by atoms with Crippen LogP contribution in [0.15, 0.2) is 43.0 Å². The molecule has 2 aromatic heterocycles. The molecule has 0 aliphatic carbocycles. The monoisotopic (exact) mass is 487 g/mol. The first kappa shape index (κ1) is 25.1. The summed E-state index contributed by atoms with van der Waals surface area (Å²) in [5, 5.41) is 0. The topological polar surface area (TPSA) is 136 Å². The third-order valence-corrected chi connectivity index (χ3v) is 5.92. The highest BCUT2D eigenvalue weighted by molar-refractivity contribution is 7.64. The molecule has 0 saturated carbocycles. The highest BCUT2D eigenvalue weighted by Gasteiger charge is 2.34. The number of ether oxygens (including phenoxy) is 2. The first-order valence-corrected chi connectivity index (χ1v) is 12.5. The molecule has 3 aromatic rings. The predicted molar refractivity (Wildman–Crippen MR) is 128 cm³/mol. The average molecular weight is 487 g/mol. The standard InChI is InChI=1S/C22H28N6O5P/c1-15(2)32-22(29)17(4)27-13-34(30,33-18-8-6-5-7-9-18)14-31-16(3)10-28-12-26-19-20(23)24-11-25-21(19)28/h5-9,11-12,15-17H,10,14H2,1-4H3,(H2,23,24,25)/q+1/t16-,17+,34?/m1/s1. The van der Waals surface area contributed by atoms with Gasteiger partial charge in [-0.2, -0.15) is 0 Å². The number of carbonyl (C=O) groups excluding carboxylic acids is 1.